The fourth-order valence-corrected chi connectivity index (χ4v) is 3.77. The van der Waals surface area contributed by atoms with Crippen LogP contribution < -0.4 is 4.74 Å². The minimum absolute atomic E-state index is 0.611. The van der Waals surface area contributed by atoms with Crippen molar-refractivity contribution >= 4 is 11.6 Å². The molecule has 2 unspecified atom stereocenters. The Balaban J connectivity index is 2.09. The van der Waals surface area contributed by atoms with Crippen molar-refractivity contribution in [1.82, 2.24) is 0 Å². The molecule has 1 aliphatic carbocycles. The van der Waals surface area contributed by atoms with Crippen LogP contribution in [0.1, 0.15) is 57.4 Å². The molecule has 0 radical (unpaired) electrons. The molecule has 2 nitrogen and oxygen atoms in total. The third-order valence-corrected chi connectivity index (χ3v) is 4.97. The van der Waals surface area contributed by atoms with Crippen LogP contribution in [0, 0.1) is 5.92 Å². The summed E-state index contributed by atoms with van der Waals surface area (Å²) in [6.07, 6.45) is 8.42. The minimum Gasteiger partial charge on any atom is -0.496 e. The molecule has 0 spiro atoms. The Bertz CT molecular complexity index is 461. The van der Waals surface area contributed by atoms with Crippen LogP contribution >= 0.6 is 11.6 Å². The number of aliphatic hydroxyl groups is 1. The lowest BCUT2D eigenvalue weighted by Gasteiger charge is -2.27. The van der Waals surface area contributed by atoms with E-state index in [2.05, 4.69) is 6.92 Å². The van der Waals surface area contributed by atoms with Crippen molar-refractivity contribution in [1.29, 1.82) is 0 Å². The molecule has 21 heavy (non-hydrogen) atoms. The number of hydrogen-bond donors (Lipinski definition) is 1. The molecular weight excluding hydrogens is 284 g/mol. The predicted molar refractivity (Wildman–Crippen MR) is 88.1 cm³/mol. The number of benzene rings is 1. The summed E-state index contributed by atoms with van der Waals surface area (Å²) in [6.45, 7) is 2.24. The largest absolute Gasteiger partial charge is 0.496 e. The highest BCUT2D eigenvalue weighted by Gasteiger charge is 2.31. The minimum atomic E-state index is -0.611. The standard InChI is InChI=1S/C18H27ClO2/c1-3-5-14-6-4-10-18(20,11-9-14)13-15-12-16(19)7-8-17(15)21-2/h7-8,12,14,20H,3-6,9-11,13H2,1-2H3. The predicted octanol–water partition coefficient (Wildman–Crippen LogP) is 5.00. The Labute approximate surface area is 133 Å². The van der Waals surface area contributed by atoms with E-state index in [-0.39, 0.29) is 0 Å². The molecule has 0 aliphatic heterocycles. The molecule has 0 aromatic heterocycles. The molecule has 0 heterocycles. The van der Waals surface area contributed by atoms with E-state index in [9.17, 15) is 5.11 Å². The molecule has 1 N–H and O–H groups in total. The molecule has 2 rings (SSSR count). The third kappa shape index (κ3) is 4.62. The summed E-state index contributed by atoms with van der Waals surface area (Å²) in [5, 5.41) is 11.7. The van der Waals surface area contributed by atoms with Gasteiger partial charge in [0.05, 0.1) is 12.7 Å². The van der Waals surface area contributed by atoms with Gasteiger partial charge in [-0.2, -0.15) is 0 Å². The van der Waals surface area contributed by atoms with Gasteiger partial charge in [-0.05, 0) is 48.9 Å². The van der Waals surface area contributed by atoms with Crippen LogP contribution in [0.3, 0.4) is 0 Å². The van der Waals surface area contributed by atoms with E-state index < -0.39 is 5.60 Å². The van der Waals surface area contributed by atoms with Crippen molar-refractivity contribution in [2.24, 2.45) is 5.92 Å². The molecule has 0 bridgehead atoms. The lowest BCUT2D eigenvalue weighted by Crippen LogP contribution is -2.31. The van der Waals surface area contributed by atoms with Crippen LogP contribution in [0.2, 0.25) is 5.02 Å². The first kappa shape index (κ1) is 16.6. The fraction of sp³-hybridized carbons (Fsp3) is 0.667. The Morgan fingerprint density at radius 3 is 2.86 bits per heavy atom. The molecule has 1 aromatic carbocycles. The van der Waals surface area contributed by atoms with Gasteiger partial charge in [-0.15, -0.1) is 0 Å². The molecule has 0 saturated heterocycles. The normalized spacial score (nSPS) is 26.4. The first-order chi connectivity index (χ1) is 10.1. The van der Waals surface area contributed by atoms with E-state index in [4.69, 9.17) is 16.3 Å². The highest BCUT2D eigenvalue weighted by atomic mass is 35.5. The molecular formula is C18H27ClO2. The first-order valence-corrected chi connectivity index (χ1v) is 8.49. The summed E-state index contributed by atoms with van der Waals surface area (Å²) in [6, 6.07) is 5.64. The van der Waals surface area contributed by atoms with Crippen molar-refractivity contribution < 1.29 is 9.84 Å². The number of halogens is 1. The SMILES string of the molecule is CCCC1CCCC(O)(Cc2cc(Cl)ccc2OC)CC1. The van der Waals surface area contributed by atoms with Crippen molar-refractivity contribution in [3.63, 3.8) is 0 Å². The summed E-state index contributed by atoms with van der Waals surface area (Å²) in [7, 11) is 1.67. The van der Waals surface area contributed by atoms with E-state index in [1.807, 2.05) is 18.2 Å². The molecule has 0 amide bonds. The van der Waals surface area contributed by atoms with Crippen molar-refractivity contribution in [3.8, 4) is 5.75 Å². The van der Waals surface area contributed by atoms with Gasteiger partial charge in [0.2, 0.25) is 0 Å². The van der Waals surface area contributed by atoms with Crippen LogP contribution in [0.5, 0.6) is 5.75 Å². The van der Waals surface area contributed by atoms with E-state index in [0.717, 1.165) is 42.9 Å². The molecule has 2 atom stereocenters. The molecule has 118 valence electrons. The van der Waals surface area contributed by atoms with Gasteiger partial charge < -0.3 is 9.84 Å². The van der Waals surface area contributed by atoms with E-state index in [1.54, 1.807) is 7.11 Å². The van der Waals surface area contributed by atoms with Crippen molar-refractivity contribution in [2.75, 3.05) is 7.11 Å². The lowest BCUT2D eigenvalue weighted by atomic mass is 9.86. The zero-order valence-electron chi connectivity index (χ0n) is 13.2. The summed E-state index contributed by atoms with van der Waals surface area (Å²) in [5.74, 6) is 1.60. The third-order valence-electron chi connectivity index (χ3n) is 4.73. The van der Waals surface area contributed by atoms with Gasteiger partial charge in [0, 0.05) is 11.4 Å². The van der Waals surface area contributed by atoms with Gasteiger partial charge in [0.15, 0.2) is 0 Å². The summed E-state index contributed by atoms with van der Waals surface area (Å²) < 4.78 is 5.41. The fourth-order valence-electron chi connectivity index (χ4n) is 3.58. The van der Waals surface area contributed by atoms with Crippen LogP contribution in [-0.2, 0) is 6.42 Å². The maximum Gasteiger partial charge on any atom is 0.122 e. The zero-order chi connectivity index (χ0) is 15.3. The Morgan fingerprint density at radius 2 is 2.14 bits per heavy atom. The van der Waals surface area contributed by atoms with Gasteiger partial charge in [-0.25, -0.2) is 0 Å². The van der Waals surface area contributed by atoms with Crippen LogP contribution in [-0.4, -0.2) is 17.8 Å². The molecule has 1 aliphatic rings. The van der Waals surface area contributed by atoms with Crippen molar-refractivity contribution in [2.45, 2.75) is 63.9 Å². The number of methoxy groups -OCH3 is 1. The van der Waals surface area contributed by atoms with Crippen LogP contribution in [0.25, 0.3) is 0 Å². The lowest BCUT2D eigenvalue weighted by molar-refractivity contribution is 0.0236. The highest BCUT2D eigenvalue weighted by molar-refractivity contribution is 6.30. The monoisotopic (exact) mass is 310 g/mol. The Hall–Kier alpha value is -0.730. The number of hydrogen-bond acceptors (Lipinski definition) is 2. The molecule has 1 saturated carbocycles. The van der Waals surface area contributed by atoms with Gasteiger partial charge in [0.1, 0.15) is 5.75 Å². The highest BCUT2D eigenvalue weighted by Crippen LogP contribution is 2.36. The summed E-state index contributed by atoms with van der Waals surface area (Å²) in [5.41, 5.74) is 0.405. The average molecular weight is 311 g/mol. The van der Waals surface area contributed by atoms with Crippen LogP contribution in [0.4, 0.5) is 0 Å². The maximum absolute atomic E-state index is 11.0. The summed E-state index contributed by atoms with van der Waals surface area (Å²) in [4.78, 5) is 0. The first-order valence-electron chi connectivity index (χ1n) is 8.11. The van der Waals surface area contributed by atoms with Crippen LogP contribution in [0.15, 0.2) is 18.2 Å². The van der Waals surface area contributed by atoms with Gasteiger partial charge >= 0.3 is 0 Å². The number of rotatable bonds is 5. The molecule has 3 heteroatoms. The molecule has 1 fully saturated rings. The van der Waals surface area contributed by atoms with E-state index in [0.29, 0.717) is 11.4 Å². The van der Waals surface area contributed by atoms with Crippen molar-refractivity contribution in [3.05, 3.63) is 28.8 Å². The van der Waals surface area contributed by atoms with Gasteiger partial charge in [0.25, 0.3) is 0 Å². The smallest absolute Gasteiger partial charge is 0.122 e. The Morgan fingerprint density at radius 1 is 1.33 bits per heavy atom. The average Bonchev–Trinajstić information content (AvgIpc) is 2.62. The second-order valence-corrected chi connectivity index (χ2v) is 6.88. The second kappa shape index (κ2) is 7.51. The van der Waals surface area contributed by atoms with Gasteiger partial charge in [-0.1, -0.05) is 44.2 Å². The van der Waals surface area contributed by atoms with Gasteiger partial charge in [-0.3, -0.25) is 0 Å². The summed E-state index contributed by atoms with van der Waals surface area (Å²) >= 11 is 6.10. The zero-order valence-corrected chi connectivity index (χ0v) is 14.0. The molecule has 1 aromatic rings. The Kier molecular flexibility index (Phi) is 5.95. The van der Waals surface area contributed by atoms with E-state index >= 15 is 0 Å². The maximum atomic E-state index is 11.0. The quantitative estimate of drug-likeness (QED) is 0.775. The number of ether oxygens (including phenoxy) is 1. The van der Waals surface area contributed by atoms with E-state index in [1.165, 1.54) is 19.3 Å². The second-order valence-electron chi connectivity index (χ2n) is 6.44. The topological polar surface area (TPSA) is 29.5 Å².